The number of nitrogens with two attached hydrogens (primary N) is 1. The number of ether oxygens (including phenoxy) is 1. The monoisotopic (exact) mass is 323 g/mol. The number of hydrogen-bond acceptors (Lipinski definition) is 4. The first-order valence-electron chi connectivity index (χ1n) is 6.62. The van der Waals surface area contributed by atoms with E-state index in [1.165, 1.54) is 5.56 Å². The molecule has 0 aliphatic carbocycles. The van der Waals surface area contributed by atoms with Crippen molar-refractivity contribution in [3.8, 4) is 5.75 Å². The Bertz CT molecular complexity index is 562. The van der Waals surface area contributed by atoms with E-state index in [1.807, 2.05) is 36.4 Å². The van der Waals surface area contributed by atoms with Gasteiger partial charge in [-0.25, -0.2) is 0 Å². The summed E-state index contributed by atoms with van der Waals surface area (Å²) in [4.78, 5) is 0. The molecule has 3 nitrogen and oxygen atoms in total. The molecule has 3 N–H and O–H groups in total. The standard InChI is InChI=1S/C16H18ClNO2S/c17-13-6-4-12(5-7-13)10-21-11-15(19)9-20-16-3-1-2-14(18)8-16/h1-8,15,19H,9-11,18H2. The maximum Gasteiger partial charge on any atom is 0.121 e. The largest absolute Gasteiger partial charge is 0.491 e. The number of aliphatic hydroxyl groups is 1. The SMILES string of the molecule is Nc1cccc(OCC(O)CSCc2ccc(Cl)cc2)c1. The number of anilines is 1. The van der Waals surface area contributed by atoms with E-state index in [9.17, 15) is 5.11 Å². The predicted octanol–water partition coefficient (Wildman–Crippen LogP) is 3.60. The fourth-order valence-corrected chi connectivity index (χ4v) is 2.78. The van der Waals surface area contributed by atoms with Crippen LogP contribution in [0, 0.1) is 0 Å². The molecule has 0 fully saturated rings. The van der Waals surface area contributed by atoms with Gasteiger partial charge in [-0.05, 0) is 29.8 Å². The van der Waals surface area contributed by atoms with Crippen molar-refractivity contribution in [1.29, 1.82) is 0 Å². The van der Waals surface area contributed by atoms with Crippen LogP contribution in [0.1, 0.15) is 5.56 Å². The lowest BCUT2D eigenvalue weighted by molar-refractivity contribution is 0.126. The van der Waals surface area contributed by atoms with E-state index >= 15 is 0 Å². The van der Waals surface area contributed by atoms with Crippen LogP contribution in [-0.4, -0.2) is 23.6 Å². The molecule has 0 amide bonds. The molecule has 0 aromatic heterocycles. The molecular formula is C16H18ClNO2S. The van der Waals surface area contributed by atoms with Crippen molar-refractivity contribution in [2.24, 2.45) is 0 Å². The second kappa shape index (κ2) is 8.17. The highest BCUT2D eigenvalue weighted by atomic mass is 35.5. The summed E-state index contributed by atoms with van der Waals surface area (Å²) in [6.07, 6.45) is -0.510. The zero-order valence-electron chi connectivity index (χ0n) is 11.5. The Kier molecular flexibility index (Phi) is 6.23. The Balaban J connectivity index is 1.67. The van der Waals surface area contributed by atoms with E-state index in [0.717, 1.165) is 10.8 Å². The number of aliphatic hydroxyl groups excluding tert-OH is 1. The molecule has 1 unspecified atom stereocenters. The third kappa shape index (κ3) is 5.87. The van der Waals surface area contributed by atoms with Crippen LogP contribution in [0.4, 0.5) is 5.69 Å². The number of thioether (sulfide) groups is 1. The van der Waals surface area contributed by atoms with Gasteiger partial charge in [0.1, 0.15) is 12.4 Å². The van der Waals surface area contributed by atoms with E-state index in [0.29, 0.717) is 17.2 Å². The van der Waals surface area contributed by atoms with Gasteiger partial charge < -0.3 is 15.6 Å². The highest BCUT2D eigenvalue weighted by Gasteiger charge is 2.06. The lowest BCUT2D eigenvalue weighted by Crippen LogP contribution is -2.20. The van der Waals surface area contributed by atoms with Crippen molar-refractivity contribution in [3.63, 3.8) is 0 Å². The van der Waals surface area contributed by atoms with Crippen LogP contribution in [0.3, 0.4) is 0 Å². The molecule has 0 spiro atoms. The normalized spacial score (nSPS) is 12.1. The molecule has 0 aliphatic heterocycles. The zero-order chi connectivity index (χ0) is 15.1. The zero-order valence-corrected chi connectivity index (χ0v) is 13.1. The van der Waals surface area contributed by atoms with Gasteiger partial charge in [-0.15, -0.1) is 0 Å². The molecule has 0 heterocycles. The van der Waals surface area contributed by atoms with Crippen LogP contribution < -0.4 is 10.5 Å². The lowest BCUT2D eigenvalue weighted by atomic mass is 10.2. The fourth-order valence-electron chi connectivity index (χ4n) is 1.74. The maximum absolute atomic E-state index is 9.90. The molecule has 2 aromatic rings. The molecule has 2 rings (SSSR count). The van der Waals surface area contributed by atoms with Gasteiger partial charge in [-0.2, -0.15) is 11.8 Å². The molecule has 2 aromatic carbocycles. The minimum atomic E-state index is -0.510. The lowest BCUT2D eigenvalue weighted by Gasteiger charge is -2.12. The Labute approximate surface area is 134 Å². The minimum Gasteiger partial charge on any atom is -0.491 e. The first-order valence-corrected chi connectivity index (χ1v) is 8.15. The average Bonchev–Trinajstić information content (AvgIpc) is 2.47. The van der Waals surface area contributed by atoms with Gasteiger partial charge in [0.05, 0.1) is 6.10 Å². The Hall–Kier alpha value is -1.36. The predicted molar refractivity (Wildman–Crippen MR) is 90.0 cm³/mol. The van der Waals surface area contributed by atoms with E-state index in [4.69, 9.17) is 22.1 Å². The summed E-state index contributed by atoms with van der Waals surface area (Å²) in [5.74, 6) is 2.13. The molecular weight excluding hydrogens is 306 g/mol. The summed E-state index contributed by atoms with van der Waals surface area (Å²) in [6, 6.07) is 14.9. The van der Waals surface area contributed by atoms with Gasteiger partial charge >= 0.3 is 0 Å². The van der Waals surface area contributed by atoms with Crippen LogP contribution >= 0.6 is 23.4 Å². The highest BCUT2D eigenvalue weighted by Crippen LogP contribution is 2.17. The highest BCUT2D eigenvalue weighted by molar-refractivity contribution is 7.98. The van der Waals surface area contributed by atoms with Crippen LogP contribution in [0.5, 0.6) is 5.75 Å². The second-order valence-corrected chi connectivity index (χ2v) is 6.15. The summed E-state index contributed by atoms with van der Waals surface area (Å²) in [6.45, 7) is 0.261. The topological polar surface area (TPSA) is 55.5 Å². The van der Waals surface area contributed by atoms with Gasteiger partial charge in [-0.3, -0.25) is 0 Å². The summed E-state index contributed by atoms with van der Waals surface area (Å²) in [5.41, 5.74) is 7.50. The molecule has 1 atom stereocenters. The summed E-state index contributed by atoms with van der Waals surface area (Å²) >= 11 is 7.50. The van der Waals surface area contributed by atoms with E-state index in [2.05, 4.69) is 0 Å². The molecule has 0 saturated heterocycles. The van der Waals surface area contributed by atoms with Crippen molar-refractivity contribution in [1.82, 2.24) is 0 Å². The maximum atomic E-state index is 9.90. The smallest absolute Gasteiger partial charge is 0.121 e. The van der Waals surface area contributed by atoms with Crippen LogP contribution in [0.15, 0.2) is 48.5 Å². The molecule has 21 heavy (non-hydrogen) atoms. The molecule has 0 saturated carbocycles. The van der Waals surface area contributed by atoms with Gasteiger partial charge in [0.25, 0.3) is 0 Å². The quantitative estimate of drug-likeness (QED) is 0.764. The Morgan fingerprint density at radius 2 is 1.95 bits per heavy atom. The van der Waals surface area contributed by atoms with E-state index in [1.54, 1.807) is 23.9 Å². The summed E-state index contributed by atoms with van der Waals surface area (Å²) < 4.78 is 5.51. The minimum absolute atomic E-state index is 0.261. The molecule has 5 heteroatoms. The van der Waals surface area contributed by atoms with Crippen LogP contribution in [0.25, 0.3) is 0 Å². The number of benzene rings is 2. The molecule has 0 radical (unpaired) electrons. The van der Waals surface area contributed by atoms with E-state index < -0.39 is 6.10 Å². The molecule has 0 aliphatic rings. The Morgan fingerprint density at radius 1 is 1.19 bits per heavy atom. The van der Waals surface area contributed by atoms with Crippen LogP contribution in [-0.2, 0) is 5.75 Å². The average molecular weight is 324 g/mol. The first kappa shape index (κ1) is 16.0. The van der Waals surface area contributed by atoms with Crippen molar-refractivity contribution in [3.05, 3.63) is 59.1 Å². The van der Waals surface area contributed by atoms with Gasteiger partial charge in [0.2, 0.25) is 0 Å². The fraction of sp³-hybridized carbons (Fsp3) is 0.250. The van der Waals surface area contributed by atoms with Gasteiger partial charge in [-0.1, -0.05) is 29.8 Å². The number of halogens is 1. The second-order valence-electron chi connectivity index (χ2n) is 4.68. The number of rotatable bonds is 7. The van der Waals surface area contributed by atoms with Crippen LogP contribution in [0.2, 0.25) is 5.02 Å². The first-order chi connectivity index (χ1) is 10.1. The third-order valence-corrected chi connectivity index (χ3v) is 4.20. The molecule has 112 valence electrons. The number of hydrogen-bond donors (Lipinski definition) is 2. The van der Waals surface area contributed by atoms with Gasteiger partial charge in [0.15, 0.2) is 0 Å². The van der Waals surface area contributed by atoms with E-state index in [-0.39, 0.29) is 6.61 Å². The van der Waals surface area contributed by atoms with Gasteiger partial charge in [0, 0.05) is 28.3 Å². The third-order valence-electron chi connectivity index (χ3n) is 2.79. The summed E-state index contributed by atoms with van der Waals surface area (Å²) in [5, 5.41) is 10.6. The van der Waals surface area contributed by atoms with Crippen molar-refractivity contribution >= 4 is 29.1 Å². The summed E-state index contributed by atoms with van der Waals surface area (Å²) in [7, 11) is 0. The number of nitrogen functional groups attached to an aromatic ring is 1. The van der Waals surface area contributed by atoms with Crippen molar-refractivity contribution in [2.45, 2.75) is 11.9 Å². The van der Waals surface area contributed by atoms with Crippen molar-refractivity contribution < 1.29 is 9.84 Å². The molecule has 0 bridgehead atoms. The Morgan fingerprint density at radius 3 is 2.67 bits per heavy atom. The van der Waals surface area contributed by atoms with Crippen molar-refractivity contribution in [2.75, 3.05) is 18.1 Å².